The van der Waals surface area contributed by atoms with Crippen molar-refractivity contribution >= 4 is 81.8 Å². The number of hydrogen-bond donors (Lipinski definition) is 0. The lowest BCUT2D eigenvalue weighted by Gasteiger charge is -2.30. The summed E-state index contributed by atoms with van der Waals surface area (Å²) in [5, 5.41) is 0. The summed E-state index contributed by atoms with van der Waals surface area (Å²) in [5.41, 5.74) is 0.877. The maximum Gasteiger partial charge on any atom is 0.231 e. The molecule has 0 aliphatic carbocycles. The van der Waals surface area contributed by atoms with Crippen LogP contribution in [0.5, 0.6) is 5.75 Å². The molecule has 2 aromatic rings. The van der Waals surface area contributed by atoms with Gasteiger partial charge in [0.25, 0.3) is 0 Å². The quantitative estimate of drug-likeness (QED) is 0.578. The van der Waals surface area contributed by atoms with Crippen molar-refractivity contribution < 1.29 is 4.74 Å². The minimum absolute atomic E-state index is 0.384. The summed E-state index contributed by atoms with van der Waals surface area (Å²) in [6.45, 7) is 0. The predicted molar refractivity (Wildman–Crippen MR) is 100 cm³/mol. The van der Waals surface area contributed by atoms with Crippen LogP contribution in [0.3, 0.4) is 0 Å². The third-order valence-corrected chi connectivity index (χ3v) is 3.86. The van der Waals surface area contributed by atoms with Crippen LogP contribution in [0.25, 0.3) is 12.2 Å². The van der Waals surface area contributed by atoms with Gasteiger partial charge in [-0.3, -0.25) is 0 Å². The monoisotopic (exact) mass is 445 g/mol. The predicted octanol–water partition coefficient (Wildman–Crippen LogP) is 5.53. The van der Waals surface area contributed by atoms with Crippen LogP contribution in [-0.2, 0) is 0 Å². The van der Waals surface area contributed by atoms with Gasteiger partial charge >= 0.3 is 0 Å². The van der Waals surface area contributed by atoms with Crippen molar-refractivity contribution in [2.45, 2.75) is 13.7 Å². The van der Waals surface area contributed by atoms with E-state index in [4.69, 9.17) is 74.3 Å². The number of aromatic nitrogens is 3. The highest BCUT2D eigenvalue weighted by Crippen LogP contribution is 2.45. The second-order valence-corrected chi connectivity index (χ2v) is 9.22. The lowest BCUT2D eigenvalue weighted by atomic mass is 10.2. The number of rotatable bonds is 4. The molecule has 0 N–H and O–H groups in total. The van der Waals surface area contributed by atoms with Crippen molar-refractivity contribution in [3.8, 4) is 5.75 Å². The minimum atomic E-state index is -1.91. The van der Waals surface area contributed by atoms with E-state index in [0.29, 0.717) is 11.6 Å². The van der Waals surface area contributed by atoms with Gasteiger partial charge in [-0.2, -0.15) is 0 Å². The van der Waals surface area contributed by atoms with Crippen molar-refractivity contribution in [2.24, 2.45) is 0 Å². The molecule has 1 aromatic carbocycles. The fourth-order valence-electron chi connectivity index (χ4n) is 1.62. The van der Waals surface area contributed by atoms with Crippen molar-refractivity contribution in [2.75, 3.05) is 0 Å². The average Bonchev–Trinajstić information content (AvgIpc) is 2.50. The van der Waals surface area contributed by atoms with Crippen LogP contribution in [0.2, 0.25) is 0 Å². The number of nitrogens with zero attached hydrogens (tertiary/aromatic N) is 3. The first-order valence-corrected chi connectivity index (χ1v) is 8.63. The first-order chi connectivity index (χ1) is 11.2. The van der Waals surface area contributed by atoms with Gasteiger partial charge in [-0.1, -0.05) is 87.8 Å². The van der Waals surface area contributed by atoms with E-state index in [1.54, 1.807) is 30.3 Å². The van der Waals surface area contributed by atoms with Crippen molar-refractivity contribution in [1.29, 1.82) is 0 Å². The Balaban J connectivity index is 2.10. The Morgan fingerprint density at radius 1 is 0.833 bits per heavy atom. The normalized spacial score (nSPS) is 12.8. The molecule has 1 aromatic heterocycles. The number of benzene rings is 1. The minimum Gasteiger partial charge on any atom is -0.481 e. The third kappa shape index (κ3) is 6.10. The Hall–Kier alpha value is -0.490. The van der Waals surface area contributed by atoms with Gasteiger partial charge in [0.15, 0.2) is 11.9 Å². The summed E-state index contributed by atoms with van der Waals surface area (Å²) in [6, 6.07) is 6.88. The summed E-state index contributed by atoms with van der Waals surface area (Å²) in [5.74, 6) is 0.924. The molecular formula is C14H9Cl6N3O. The fraction of sp³-hybridized carbons (Fsp3) is 0.214. The van der Waals surface area contributed by atoms with Gasteiger partial charge < -0.3 is 4.74 Å². The molecule has 0 saturated carbocycles. The van der Waals surface area contributed by atoms with Crippen LogP contribution in [0.1, 0.15) is 11.4 Å². The molecule has 24 heavy (non-hydrogen) atoms. The third-order valence-electron chi connectivity index (χ3n) is 2.67. The Bertz CT molecular complexity index is 668. The van der Waals surface area contributed by atoms with Gasteiger partial charge in [0.2, 0.25) is 7.59 Å². The summed E-state index contributed by atoms with van der Waals surface area (Å²) in [6.07, 6.45) is 5.10. The molecule has 0 unspecified atom stereocenters. The summed E-state index contributed by atoms with van der Waals surface area (Å²) < 4.78 is 1.68. The molecule has 0 radical (unpaired) electrons. The van der Waals surface area contributed by atoms with Crippen LogP contribution >= 0.6 is 69.6 Å². The van der Waals surface area contributed by atoms with Crippen LogP contribution in [0, 0.1) is 0 Å². The smallest absolute Gasteiger partial charge is 0.231 e. The van der Waals surface area contributed by atoms with E-state index in [2.05, 4.69) is 15.0 Å². The summed E-state index contributed by atoms with van der Waals surface area (Å²) in [4.78, 5) is 11.7. The van der Waals surface area contributed by atoms with Gasteiger partial charge in [0, 0.05) is 0 Å². The van der Waals surface area contributed by atoms with E-state index in [1.165, 1.54) is 12.7 Å². The molecule has 1 heterocycles. The zero-order valence-corrected chi connectivity index (χ0v) is 16.2. The number of halogens is 6. The van der Waals surface area contributed by atoms with E-state index < -0.39 is 13.7 Å². The molecule has 0 saturated heterocycles. The highest BCUT2D eigenvalue weighted by molar-refractivity contribution is 6.73. The number of ether oxygens (including phenoxy) is 1. The molecule has 4 nitrogen and oxygen atoms in total. The molecular weight excluding hydrogens is 439 g/mol. The summed E-state index contributed by atoms with van der Waals surface area (Å²) >= 11 is 34.8. The van der Waals surface area contributed by atoms with Crippen LogP contribution in [-0.4, -0.2) is 28.6 Å². The maximum absolute atomic E-state index is 5.80. The van der Waals surface area contributed by atoms with Gasteiger partial charge in [0.1, 0.15) is 18.4 Å². The Morgan fingerprint density at radius 3 is 1.88 bits per heavy atom. The molecule has 0 bridgehead atoms. The average molecular weight is 448 g/mol. The van der Waals surface area contributed by atoms with Crippen LogP contribution in [0.4, 0.5) is 0 Å². The molecule has 2 rings (SSSR count). The molecule has 10 heteroatoms. The molecule has 0 atom stereocenters. The number of hydrogen-bond acceptors (Lipinski definition) is 4. The van der Waals surface area contributed by atoms with Crippen molar-refractivity contribution in [3.63, 3.8) is 0 Å². The SMILES string of the molecule is ClC(Cl)(Cl)C(Oc1ccc(/C=C/c2ncncn2)cc1)C(Cl)(Cl)Cl. The highest BCUT2D eigenvalue weighted by Gasteiger charge is 2.48. The molecule has 0 amide bonds. The number of alkyl halides is 6. The molecule has 0 fully saturated rings. The van der Waals surface area contributed by atoms with Crippen LogP contribution in [0.15, 0.2) is 36.9 Å². The van der Waals surface area contributed by atoms with Gasteiger partial charge in [-0.15, -0.1) is 0 Å². The molecule has 0 spiro atoms. The van der Waals surface area contributed by atoms with Crippen LogP contribution < -0.4 is 4.74 Å². The van der Waals surface area contributed by atoms with E-state index in [9.17, 15) is 0 Å². The zero-order valence-electron chi connectivity index (χ0n) is 11.7. The standard InChI is InChI=1S/C14H9Cl6N3O/c15-13(16,17)12(14(18,19)20)24-10-4-1-9(2-5-10)3-6-11-22-7-21-8-23-11/h1-8,12H/b6-3+. The Morgan fingerprint density at radius 2 is 1.38 bits per heavy atom. The fourth-order valence-corrected chi connectivity index (χ4v) is 3.37. The van der Waals surface area contributed by atoms with Gasteiger partial charge in [-0.05, 0) is 23.8 Å². The first-order valence-electron chi connectivity index (χ1n) is 6.36. The van der Waals surface area contributed by atoms with Crippen molar-refractivity contribution in [3.05, 3.63) is 48.3 Å². The van der Waals surface area contributed by atoms with E-state index >= 15 is 0 Å². The van der Waals surface area contributed by atoms with Gasteiger partial charge in [-0.25, -0.2) is 15.0 Å². The lowest BCUT2D eigenvalue weighted by molar-refractivity contribution is 0.210. The molecule has 128 valence electrons. The zero-order chi connectivity index (χ0) is 17.8. The lowest BCUT2D eigenvalue weighted by Crippen LogP contribution is -2.42. The molecule has 0 aliphatic rings. The topological polar surface area (TPSA) is 47.9 Å². The van der Waals surface area contributed by atoms with E-state index in [1.807, 2.05) is 6.08 Å². The Kier molecular flexibility index (Phi) is 6.82. The highest BCUT2D eigenvalue weighted by atomic mass is 35.6. The van der Waals surface area contributed by atoms with E-state index in [-0.39, 0.29) is 0 Å². The maximum atomic E-state index is 5.80. The second-order valence-electron chi connectivity index (χ2n) is 4.48. The molecule has 0 aliphatic heterocycles. The van der Waals surface area contributed by atoms with Crippen molar-refractivity contribution in [1.82, 2.24) is 15.0 Å². The van der Waals surface area contributed by atoms with Gasteiger partial charge in [0.05, 0.1) is 0 Å². The van der Waals surface area contributed by atoms with E-state index in [0.717, 1.165) is 5.56 Å². The first kappa shape index (κ1) is 19.8. The largest absolute Gasteiger partial charge is 0.481 e. The Labute approximate surface area is 168 Å². The second kappa shape index (κ2) is 8.26. The summed E-state index contributed by atoms with van der Waals surface area (Å²) in [7, 11) is 0.